The third-order valence-corrected chi connectivity index (χ3v) is 12.6. The number of carbonyl (C=O) groups excluding carboxylic acids is 1. The van der Waals surface area contributed by atoms with Gasteiger partial charge in [0.1, 0.15) is 23.3 Å². The molecule has 0 spiro atoms. The van der Waals surface area contributed by atoms with Gasteiger partial charge >= 0.3 is 5.97 Å². The summed E-state index contributed by atoms with van der Waals surface area (Å²) in [7, 11) is -13.6. The Labute approximate surface area is 336 Å². The highest BCUT2D eigenvalue weighted by atomic mass is 32.2. The van der Waals surface area contributed by atoms with Gasteiger partial charge in [-0.05, 0) is 56.0 Å². The lowest BCUT2D eigenvalue weighted by Gasteiger charge is -2.48. The number of rotatable bonds is 13. The van der Waals surface area contributed by atoms with E-state index in [9.17, 15) is 61.3 Å². The molecule has 3 aliphatic rings. The first-order valence-corrected chi connectivity index (χ1v) is 22.8. The highest BCUT2D eigenvalue weighted by molar-refractivity contribution is 7.86. The molecule has 15 nitrogen and oxygen atoms in total. The monoisotopic (exact) mass is 889 g/mol. The number of carbonyl (C=O) groups is 1. The van der Waals surface area contributed by atoms with E-state index < -0.39 is 106 Å². The van der Waals surface area contributed by atoms with Gasteiger partial charge in [0.05, 0.1) is 27.5 Å². The normalized spacial score (nSPS) is 18.1. The van der Waals surface area contributed by atoms with Crippen LogP contribution in [0.4, 0.5) is 28.9 Å². The van der Waals surface area contributed by atoms with Crippen LogP contribution in [0.2, 0.25) is 0 Å². The Balaban J connectivity index is 1.40. The second kappa shape index (κ2) is 15.5. The molecule has 6 rings (SSSR count). The molecule has 0 radical (unpaired) electrons. The van der Waals surface area contributed by atoms with Crippen molar-refractivity contribution in [1.29, 1.82) is 0 Å². The van der Waals surface area contributed by atoms with Gasteiger partial charge in [-0.15, -0.1) is 0 Å². The maximum Gasteiger partial charge on any atom is 0.311 e. The van der Waals surface area contributed by atoms with Gasteiger partial charge in [-0.2, -0.15) is 25.6 Å². The maximum absolute atomic E-state index is 14.2. The summed E-state index contributed by atoms with van der Waals surface area (Å²) in [6.45, 7) is 7.13. The van der Waals surface area contributed by atoms with Crippen LogP contribution in [-0.2, 0) is 35.1 Å². The van der Waals surface area contributed by atoms with Crippen LogP contribution in [0.1, 0.15) is 70.4 Å². The van der Waals surface area contributed by atoms with Gasteiger partial charge < -0.3 is 18.9 Å². The number of ether oxygens (including phenoxy) is 2. The summed E-state index contributed by atoms with van der Waals surface area (Å²) in [6, 6.07) is 6.21. The molecule has 0 saturated carbocycles. The number of nitrogens with zero attached hydrogens (tertiary/aromatic N) is 3. The van der Waals surface area contributed by atoms with Gasteiger partial charge in [0.2, 0.25) is 22.7 Å². The molecule has 0 bridgehead atoms. The largest absolute Gasteiger partial charge is 0.748 e. The zero-order valence-electron chi connectivity index (χ0n) is 32.0. The minimum absolute atomic E-state index is 0.0261. The quantitative estimate of drug-likeness (QED) is 0.0482. The van der Waals surface area contributed by atoms with Crippen LogP contribution in [0.15, 0.2) is 41.4 Å². The van der Waals surface area contributed by atoms with Gasteiger partial charge in [0.15, 0.2) is 28.7 Å². The topological polar surface area (TPSA) is 220 Å². The summed E-state index contributed by atoms with van der Waals surface area (Å²) in [5.41, 5.74) is -0.210. The number of fused-ring (bicyclic) bond motifs is 4. The first kappa shape index (κ1) is 44.1. The average molecular weight is 890 g/mol. The van der Waals surface area contributed by atoms with Crippen LogP contribution >= 0.6 is 0 Å². The van der Waals surface area contributed by atoms with E-state index in [0.29, 0.717) is 22.2 Å². The third-order valence-electron chi connectivity index (χ3n) is 10.3. The first-order chi connectivity index (χ1) is 27.1. The Morgan fingerprint density at radius 3 is 2.22 bits per heavy atom. The Hall–Kier alpha value is -4.48. The number of esters is 1. The molecule has 0 amide bonds. The van der Waals surface area contributed by atoms with Crippen molar-refractivity contribution in [2.24, 2.45) is 4.99 Å². The SMILES string of the molecule is CC1(C)CC(CS(=O)(=O)O)c2cc3c(cc2N1CCCC(=O)Oc1c(F)c(F)cc(F)c1F)Oc1cc2c(cc1=N3)C(CS(=O)(=O)O)=CC(C)(C)[N+]=2CCCS(=O)(=O)[O-]. The summed E-state index contributed by atoms with van der Waals surface area (Å²) >= 11 is 0. The van der Waals surface area contributed by atoms with Crippen molar-refractivity contribution < 1.29 is 70.7 Å². The molecule has 3 heterocycles. The van der Waals surface area contributed by atoms with Gasteiger partial charge in [-0.25, -0.2) is 26.8 Å². The lowest BCUT2D eigenvalue weighted by molar-refractivity contribution is -0.134. The standard InChI is InChI=1S/C37H39F4N3O12S3/c1-36(2)16-20(18-58(49,50)51)22-11-26-30(14-28(22)43(36)8-5-7-32(45)56-35-33(40)24(38)13-25(39)34(35)41)55-31-15-29-23(12-27(31)42-26)21(19-59(52,53)54)17-37(3,4)44(29)9-6-10-57(46,47)48/h11-15,17,20H,5-10,16,18-19H2,1-4H3,(H2-,46,47,48,49,50,51,52,53,54). The second-order valence-corrected chi connectivity index (χ2v) is 20.2. The molecule has 59 heavy (non-hydrogen) atoms. The molecule has 0 aliphatic carbocycles. The fraction of sp³-hybridized carbons (Fsp3) is 0.432. The van der Waals surface area contributed by atoms with Crippen molar-refractivity contribution >= 4 is 53.3 Å². The predicted molar refractivity (Wildman–Crippen MR) is 203 cm³/mol. The fourth-order valence-electron chi connectivity index (χ4n) is 7.94. The number of halogens is 4. The minimum atomic E-state index is -4.56. The van der Waals surface area contributed by atoms with E-state index in [1.165, 1.54) is 6.07 Å². The fourth-order valence-corrected chi connectivity index (χ4v) is 9.86. The van der Waals surface area contributed by atoms with E-state index in [-0.39, 0.29) is 66.5 Å². The summed E-state index contributed by atoms with van der Waals surface area (Å²) in [4.78, 5) is 19.2. The highest BCUT2D eigenvalue weighted by Crippen LogP contribution is 2.49. The zero-order chi connectivity index (χ0) is 43.6. The average Bonchev–Trinajstić information content (AvgIpc) is 3.07. The van der Waals surface area contributed by atoms with Crippen molar-refractivity contribution in [2.45, 2.75) is 70.4 Å². The molecule has 0 fully saturated rings. The molecule has 2 N–H and O–H groups in total. The van der Waals surface area contributed by atoms with E-state index in [2.05, 4.69) is 4.74 Å². The van der Waals surface area contributed by atoms with E-state index in [1.54, 1.807) is 56.5 Å². The van der Waals surface area contributed by atoms with Gasteiger partial charge in [-0.3, -0.25) is 13.9 Å². The Bertz CT molecular complexity index is 2750. The highest BCUT2D eigenvalue weighted by Gasteiger charge is 2.41. The summed E-state index contributed by atoms with van der Waals surface area (Å²) in [6.07, 6.45) is 1.20. The van der Waals surface area contributed by atoms with Crippen LogP contribution in [0.3, 0.4) is 0 Å². The van der Waals surface area contributed by atoms with E-state index in [1.807, 2.05) is 4.90 Å². The number of hydrogen-bond donors (Lipinski definition) is 2. The zero-order valence-corrected chi connectivity index (χ0v) is 34.4. The van der Waals surface area contributed by atoms with Crippen molar-refractivity contribution in [1.82, 2.24) is 4.58 Å². The molecule has 0 saturated heterocycles. The first-order valence-electron chi connectivity index (χ1n) is 18.0. The van der Waals surface area contributed by atoms with Crippen molar-refractivity contribution in [2.75, 3.05) is 35.2 Å². The molecule has 3 aromatic carbocycles. The molecule has 1 atom stereocenters. The summed E-state index contributed by atoms with van der Waals surface area (Å²) < 4.78 is 171. The maximum atomic E-state index is 14.2. The Morgan fingerprint density at radius 1 is 0.949 bits per heavy atom. The van der Waals surface area contributed by atoms with Gasteiger partial charge in [0.25, 0.3) is 20.2 Å². The lowest BCUT2D eigenvalue weighted by atomic mass is 9.79. The molecular formula is C37H39F4N3O12S3. The van der Waals surface area contributed by atoms with Crippen molar-refractivity contribution in [3.63, 3.8) is 0 Å². The number of benzene rings is 3. The summed E-state index contributed by atoms with van der Waals surface area (Å²) in [5.74, 6) is -12.5. The Morgan fingerprint density at radius 2 is 1.61 bits per heavy atom. The Kier molecular flexibility index (Phi) is 11.6. The molecule has 22 heteroatoms. The van der Waals surface area contributed by atoms with Crippen LogP contribution in [0.5, 0.6) is 17.2 Å². The molecule has 320 valence electrons. The van der Waals surface area contributed by atoms with Crippen LogP contribution < -0.4 is 29.7 Å². The summed E-state index contributed by atoms with van der Waals surface area (Å²) in [5, 5.41) is 0.599. The van der Waals surface area contributed by atoms with E-state index in [4.69, 9.17) is 9.73 Å². The molecular weight excluding hydrogens is 851 g/mol. The number of anilines is 1. The minimum Gasteiger partial charge on any atom is -0.748 e. The number of hydrogen-bond acceptors (Lipinski definition) is 12. The van der Waals surface area contributed by atoms with Crippen LogP contribution in [-0.4, -0.2) is 86.3 Å². The van der Waals surface area contributed by atoms with E-state index in [0.717, 1.165) is 0 Å². The van der Waals surface area contributed by atoms with Gasteiger partial charge in [0, 0.05) is 68.3 Å². The molecule has 1 unspecified atom stereocenters. The van der Waals surface area contributed by atoms with Gasteiger partial charge in [-0.1, -0.05) is 0 Å². The second-order valence-electron chi connectivity index (χ2n) is 15.7. The predicted octanol–water partition coefficient (Wildman–Crippen LogP) is 4.14. The van der Waals surface area contributed by atoms with Crippen LogP contribution in [0.25, 0.3) is 5.57 Å². The molecule has 0 aromatic heterocycles. The molecule has 3 aliphatic heterocycles. The van der Waals surface area contributed by atoms with E-state index >= 15 is 0 Å². The van der Waals surface area contributed by atoms with Crippen molar-refractivity contribution in [3.05, 3.63) is 81.5 Å². The third kappa shape index (κ3) is 9.78. The smallest absolute Gasteiger partial charge is 0.311 e. The van der Waals surface area contributed by atoms with Crippen molar-refractivity contribution in [3.8, 4) is 17.2 Å². The van der Waals surface area contributed by atoms with Crippen LogP contribution in [0, 0.1) is 23.3 Å². The lowest BCUT2D eigenvalue weighted by Crippen LogP contribution is -2.50. The molecule has 3 aromatic rings.